The second-order valence-electron chi connectivity index (χ2n) is 4.01. The fourth-order valence-electron chi connectivity index (χ4n) is 1.55. The Morgan fingerprint density at radius 2 is 1.85 bits per heavy atom. The molecule has 0 atom stereocenters. The van der Waals surface area contributed by atoms with Crippen molar-refractivity contribution in [3.8, 4) is 0 Å². The summed E-state index contributed by atoms with van der Waals surface area (Å²) in [5.74, 6) is -1.53. The molecule has 0 aromatic heterocycles. The van der Waals surface area contributed by atoms with E-state index in [-0.39, 0.29) is 17.3 Å². The van der Waals surface area contributed by atoms with Crippen LogP contribution >= 0.6 is 11.6 Å². The van der Waals surface area contributed by atoms with Gasteiger partial charge in [0.05, 0.1) is 17.3 Å². The zero-order valence-corrected chi connectivity index (χ0v) is 11.0. The van der Waals surface area contributed by atoms with Gasteiger partial charge in [-0.3, -0.25) is 4.79 Å². The van der Waals surface area contributed by atoms with Crippen LogP contribution in [0.2, 0.25) is 5.02 Å². The summed E-state index contributed by atoms with van der Waals surface area (Å²) in [6, 6.07) is 9.95. The van der Waals surface area contributed by atoms with Crippen molar-refractivity contribution in [2.24, 2.45) is 0 Å². The summed E-state index contributed by atoms with van der Waals surface area (Å²) < 4.78 is 26.5. The SMILES string of the molecule is O=C(CNc1ccc(Cl)c(F)c1)Nc1ccccc1F. The second-order valence-corrected chi connectivity index (χ2v) is 4.42. The molecule has 0 bridgehead atoms. The van der Waals surface area contributed by atoms with Gasteiger partial charge in [0.2, 0.25) is 5.91 Å². The maximum atomic E-state index is 13.3. The van der Waals surface area contributed by atoms with Gasteiger partial charge in [-0.2, -0.15) is 0 Å². The molecule has 6 heteroatoms. The number of benzene rings is 2. The number of hydrogen-bond donors (Lipinski definition) is 2. The van der Waals surface area contributed by atoms with Crippen LogP contribution in [0.25, 0.3) is 0 Å². The molecule has 0 unspecified atom stereocenters. The van der Waals surface area contributed by atoms with Crippen LogP contribution in [0.5, 0.6) is 0 Å². The molecule has 2 aromatic carbocycles. The second kappa shape index (κ2) is 6.34. The van der Waals surface area contributed by atoms with Crippen molar-refractivity contribution in [3.63, 3.8) is 0 Å². The first-order chi connectivity index (χ1) is 9.56. The Labute approximate surface area is 119 Å². The van der Waals surface area contributed by atoms with E-state index in [1.54, 1.807) is 12.1 Å². The number of hydrogen-bond acceptors (Lipinski definition) is 2. The number of nitrogens with one attached hydrogen (secondary N) is 2. The Bertz CT molecular complexity index is 634. The number of anilines is 2. The van der Waals surface area contributed by atoms with E-state index in [4.69, 9.17) is 11.6 Å². The third-order valence-electron chi connectivity index (χ3n) is 2.52. The molecule has 0 aliphatic heterocycles. The van der Waals surface area contributed by atoms with Gasteiger partial charge in [0.1, 0.15) is 11.6 Å². The van der Waals surface area contributed by atoms with E-state index in [9.17, 15) is 13.6 Å². The van der Waals surface area contributed by atoms with Gasteiger partial charge in [-0.1, -0.05) is 23.7 Å². The van der Waals surface area contributed by atoms with Gasteiger partial charge in [0.25, 0.3) is 0 Å². The lowest BCUT2D eigenvalue weighted by Gasteiger charge is -2.08. The lowest BCUT2D eigenvalue weighted by atomic mass is 10.3. The summed E-state index contributed by atoms with van der Waals surface area (Å²) in [4.78, 5) is 11.6. The standard InChI is InChI=1S/C14H11ClF2N2O/c15-10-6-5-9(7-12(10)17)18-8-14(20)19-13-4-2-1-3-11(13)16/h1-7,18H,8H2,(H,19,20). The third kappa shape index (κ3) is 3.68. The maximum absolute atomic E-state index is 13.3. The van der Waals surface area contributed by atoms with Crippen LogP contribution in [-0.4, -0.2) is 12.5 Å². The number of halogens is 3. The van der Waals surface area contributed by atoms with Crippen molar-refractivity contribution in [2.75, 3.05) is 17.2 Å². The molecule has 0 aliphatic rings. The number of amides is 1. The molecule has 104 valence electrons. The molecule has 0 radical (unpaired) electrons. The van der Waals surface area contributed by atoms with E-state index < -0.39 is 17.5 Å². The Morgan fingerprint density at radius 3 is 2.55 bits per heavy atom. The predicted octanol–water partition coefficient (Wildman–Crippen LogP) is 3.67. The number of carbonyl (C=O) groups is 1. The highest BCUT2D eigenvalue weighted by molar-refractivity contribution is 6.30. The van der Waals surface area contributed by atoms with E-state index in [1.165, 1.54) is 30.3 Å². The molecular formula is C14H11ClF2N2O. The molecule has 0 saturated heterocycles. The average molecular weight is 297 g/mol. The molecule has 3 nitrogen and oxygen atoms in total. The fraction of sp³-hybridized carbons (Fsp3) is 0.0714. The monoisotopic (exact) mass is 296 g/mol. The van der Waals surface area contributed by atoms with Crippen LogP contribution in [0, 0.1) is 11.6 Å². The lowest BCUT2D eigenvalue weighted by Crippen LogP contribution is -2.22. The highest BCUT2D eigenvalue weighted by Crippen LogP contribution is 2.18. The molecule has 0 aliphatic carbocycles. The number of rotatable bonds is 4. The first-order valence-electron chi connectivity index (χ1n) is 5.79. The van der Waals surface area contributed by atoms with Crippen LogP contribution in [-0.2, 0) is 4.79 Å². The van der Waals surface area contributed by atoms with Gasteiger partial charge in [-0.25, -0.2) is 8.78 Å². The van der Waals surface area contributed by atoms with Crippen LogP contribution in [0.3, 0.4) is 0 Å². The van der Waals surface area contributed by atoms with E-state index in [1.807, 2.05) is 0 Å². The molecule has 2 N–H and O–H groups in total. The van der Waals surface area contributed by atoms with Crippen LogP contribution < -0.4 is 10.6 Å². The zero-order valence-electron chi connectivity index (χ0n) is 10.3. The molecule has 20 heavy (non-hydrogen) atoms. The van der Waals surface area contributed by atoms with Gasteiger partial charge in [0.15, 0.2) is 0 Å². The molecule has 0 spiro atoms. The average Bonchev–Trinajstić information content (AvgIpc) is 2.43. The summed E-state index contributed by atoms with van der Waals surface area (Å²) in [6.07, 6.45) is 0. The lowest BCUT2D eigenvalue weighted by molar-refractivity contribution is -0.114. The Hall–Kier alpha value is -2.14. The van der Waals surface area contributed by atoms with Gasteiger partial charge in [0, 0.05) is 5.69 Å². The van der Waals surface area contributed by atoms with Crippen LogP contribution in [0.15, 0.2) is 42.5 Å². The fourth-order valence-corrected chi connectivity index (χ4v) is 1.66. The van der Waals surface area contributed by atoms with Crippen molar-refractivity contribution in [1.29, 1.82) is 0 Å². The molecule has 0 fully saturated rings. The minimum absolute atomic E-state index is 0.00589. The third-order valence-corrected chi connectivity index (χ3v) is 2.83. The van der Waals surface area contributed by atoms with Gasteiger partial charge in [-0.05, 0) is 30.3 Å². The minimum atomic E-state index is -0.578. The Morgan fingerprint density at radius 1 is 1.10 bits per heavy atom. The van der Waals surface area contributed by atoms with Crippen molar-refractivity contribution < 1.29 is 13.6 Å². The minimum Gasteiger partial charge on any atom is -0.376 e. The van der Waals surface area contributed by atoms with E-state index in [0.29, 0.717) is 5.69 Å². The zero-order chi connectivity index (χ0) is 14.5. The van der Waals surface area contributed by atoms with Crippen molar-refractivity contribution in [3.05, 3.63) is 59.1 Å². The molecule has 0 heterocycles. The Balaban J connectivity index is 1.92. The Kier molecular flexibility index (Phi) is 4.53. The number of carbonyl (C=O) groups excluding carboxylic acids is 1. The summed E-state index contributed by atoms with van der Waals surface area (Å²) >= 11 is 5.54. The van der Waals surface area contributed by atoms with Crippen molar-refractivity contribution in [2.45, 2.75) is 0 Å². The van der Waals surface area contributed by atoms with Crippen molar-refractivity contribution >= 4 is 28.9 Å². The molecule has 1 amide bonds. The van der Waals surface area contributed by atoms with E-state index in [2.05, 4.69) is 10.6 Å². The molecule has 2 rings (SSSR count). The summed E-state index contributed by atoms with van der Waals surface area (Å²) in [5, 5.41) is 5.14. The summed E-state index contributed by atoms with van der Waals surface area (Å²) in [7, 11) is 0. The highest BCUT2D eigenvalue weighted by atomic mass is 35.5. The highest BCUT2D eigenvalue weighted by Gasteiger charge is 2.07. The van der Waals surface area contributed by atoms with Crippen LogP contribution in [0.4, 0.5) is 20.2 Å². The molecular weight excluding hydrogens is 286 g/mol. The normalized spacial score (nSPS) is 10.2. The van der Waals surface area contributed by atoms with Gasteiger partial charge >= 0.3 is 0 Å². The maximum Gasteiger partial charge on any atom is 0.243 e. The van der Waals surface area contributed by atoms with Gasteiger partial charge < -0.3 is 10.6 Å². The summed E-state index contributed by atoms with van der Waals surface area (Å²) in [6.45, 7) is -0.116. The first-order valence-corrected chi connectivity index (χ1v) is 6.17. The number of para-hydroxylation sites is 1. The van der Waals surface area contributed by atoms with Crippen molar-refractivity contribution in [1.82, 2.24) is 0 Å². The molecule has 0 saturated carbocycles. The smallest absolute Gasteiger partial charge is 0.243 e. The van der Waals surface area contributed by atoms with E-state index in [0.717, 1.165) is 0 Å². The summed E-state index contributed by atoms with van der Waals surface area (Å²) in [5.41, 5.74) is 0.511. The topological polar surface area (TPSA) is 41.1 Å². The largest absolute Gasteiger partial charge is 0.376 e. The van der Waals surface area contributed by atoms with Crippen LogP contribution in [0.1, 0.15) is 0 Å². The quantitative estimate of drug-likeness (QED) is 0.904. The first kappa shape index (κ1) is 14.3. The molecule has 2 aromatic rings. The van der Waals surface area contributed by atoms with E-state index >= 15 is 0 Å². The van der Waals surface area contributed by atoms with Gasteiger partial charge in [-0.15, -0.1) is 0 Å². The predicted molar refractivity (Wildman–Crippen MR) is 74.9 cm³/mol.